The second-order valence-electron chi connectivity index (χ2n) is 5.96. The van der Waals surface area contributed by atoms with Crippen LogP contribution < -0.4 is 4.74 Å². The summed E-state index contributed by atoms with van der Waals surface area (Å²) in [5.74, 6) is 1.58. The molecule has 124 valence electrons. The van der Waals surface area contributed by atoms with Crippen LogP contribution in [0.1, 0.15) is 19.4 Å². The van der Waals surface area contributed by atoms with Gasteiger partial charge in [-0.25, -0.2) is 0 Å². The first kappa shape index (κ1) is 16.0. The molecule has 3 rings (SSSR count). The van der Waals surface area contributed by atoms with Crippen LogP contribution in [-0.4, -0.2) is 17.3 Å². The zero-order valence-electron chi connectivity index (χ0n) is 14.0. The van der Waals surface area contributed by atoms with Gasteiger partial charge < -0.3 is 19.4 Å². The van der Waals surface area contributed by atoms with Gasteiger partial charge in [0, 0.05) is 17.0 Å². The Morgan fingerprint density at radius 2 is 1.92 bits per heavy atom. The second kappa shape index (κ2) is 6.32. The third-order valence-electron chi connectivity index (χ3n) is 3.92. The summed E-state index contributed by atoms with van der Waals surface area (Å²) in [4.78, 5) is 0. The number of methoxy groups -OCH3 is 1. The predicted molar refractivity (Wildman–Crippen MR) is 94.7 cm³/mol. The molecular formula is C20H20O4. The van der Waals surface area contributed by atoms with E-state index in [2.05, 4.69) is 0 Å². The Bertz CT molecular complexity index is 915. The van der Waals surface area contributed by atoms with Gasteiger partial charge in [-0.15, -0.1) is 0 Å². The fraction of sp³-hybridized carbons (Fsp3) is 0.200. The first-order chi connectivity index (χ1) is 11.5. The molecule has 3 aromatic rings. The Morgan fingerprint density at radius 3 is 2.62 bits per heavy atom. The van der Waals surface area contributed by atoms with Crippen molar-refractivity contribution in [1.82, 2.24) is 0 Å². The van der Waals surface area contributed by atoms with E-state index in [1.54, 1.807) is 37.4 Å². The first-order valence-corrected chi connectivity index (χ1v) is 7.74. The molecule has 24 heavy (non-hydrogen) atoms. The van der Waals surface area contributed by atoms with E-state index in [4.69, 9.17) is 9.15 Å². The molecule has 0 aliphatic carbocycles. The molecule has 4 heteroatoms. The van der Waals surface area contributed by atoms with Gasteiger partial charge in [-0.05, 0) is 50.6 Å². The summed E-state index contributed by atoms with van der Waals surface area (Å²) in [5, 5.41) is 20.7. The van der Waals surface area contributed by atoms with Crippen LogP contribution in [-0.2, 0) is 6.42 Å². The van der Waals surface area contributed by atoms with Crippen LogP contribution in [0, 0.1) is 0 Å². The summed E-state index contributed by atoms with van der Waals surface area (Å²) in [6, 6.07) is 10.3. The SMILES string of the molecule is COc1c(-c2cc3ccc(O)cc3o2)ccc(O)c1CC=C(C)C. The lowest BCUT2D eigenvalue weighted by Gasteiger charge is -2.13. The monoisotopic (exact) mass is 324 g/mol. The lowest BCUT2D eigenvalue weighted by atomic mass is 10.0. The number of allylic oxidation sites excluding steroid dienone is 2. The van der Waals surface area contributed by atoms with E-state index in [0.29, 0.717) is 23.5 Å². The molecular weight excluding hydrogens is 304 g/mol. The smallest absolute Gasteiger partial charge is 0.139 e. The summed E-state index contributed by atoms with van der Waals surface area (Å²) < 4.78 is 11.4. The number of fused-ring (bicyclic) bond motifs is 1. The standard InChI is InChI=1S/C20H20O4/c1-12(2)4-7-15-17(22)9-8-16(20(15)23-3)19-10-13-5-6-14(21)11-18(13)24-19/h4-6,8-11,21-22H,7H2,1-3H3. The number of rotatable bonds is 4. The number of benzene rings is 2. The number of ether oxygens (including phenoxy) is 1. The molecule has 0 atom stereocenters. The van der Waals surface area contributed by atoms with Gasteiger partial charge in [0.05, 0.1) is 12.7 Å². The van der Waals surface area contributed by atoms with E-state index in [1.165, 1.54) is 5.57 Å². The van der Waals surface area contributed by atoms with Gasteiger partial charge in [0.25, 0.3) is 0 Å². The molecule has 0 aliphatic heterocycles. The van der Waals surface area contributed by atoms with Crippen molar-refractivity contribution in [1.29, 1.82) is 0 Å². The number of furan rings is 1. The Balaban J connectivity index is 2.15. The highest BCUT2D eigenvalue weighted by Gasteiger charge is 2.17. The molecule has 4 nitrogen and oxygen atoms in total. The van der Waals surface area contributed by atoms with Gasteiger partial charge in [0.15, 0.2) is 0 Å². The number of phenolic OH excluding ortho intramolecular Hbond substituents is 2. The quantitative estimate of drug-likeness (QED) is 0.661. The average Bonchev–Trinajstić information content (AvgIpc) is 2.95. The number of phenols is 2. The highest BCUT2D eigenvalue weighted by Crippen LogP contribution is 2.40. The van der Waals surface area contributed by atoms with Crippen LogP contribution in [0.15, 0.2) is 52.5 Å². The van der Waals surface area contributed by atoms with E-state index in [-0.39, 0.29) is 11.5 Å². The van der Waals surface area contributed by atoms with Gasteiger partial charge in [0.2, 0.25) is 0 Å². The van der Waals surface area contributed by atoms with Crippen LogP contribution in [0.2, 0.25) is 0 Å². The maximum Gasteiger partial charge on any atom is 0.139 e. The minimum Gasteiger partial charge on any atom is -0.508 e. The highest BCUT2D eigenvalue weighted by molar-refractivity contribution is 5.85. The Hall–Kier alpha value is -2.88. The minimum atomic E-state index is 0.158. The fourth-order valence-electron chi connectivity index (χ4n) is 2.70. The lowest BCUT2D eigenvalue weighted by molar-refractivity contribution is 0.401. The minimum absolute atomic E-state index is 0.158. The maximum absolute atomic E-state index is 10.2. The molecule has 1 aromatic heterocycles. The van der Waals surface area contributed by atoms with Crippen molar-refractivity contribution in [3.05, 3.63) is 53.6 Å². The van der Waals surface area contributed by atoms with Crippen LogP contribution in [0.5, 0.6) is 17.2 Å². The van der Waals surface area contributed by atoms with Gasteiger partial charge in [-0.2, -0.15) is 0 Å². The zero-order chi connectivity index (χ0) is 17.3. The van der Waals surface area contributed by atoms with Crippen molar-refractivity contribution >= 4 is 11.0 Å². The average molecular weight is 324 g/mol. The highest BCUT2D eigenvalue weighted by atomic mass is 16.5. The second-order valence-corrected chi connectivity index (χ2v) is 5.96. The third-order valence-corrected chi connectivity index (χ3v) is 3.92. The van der Waals surface area contributed by atoms with Gasteiger partial charge in [0.1, 0.15) is 28.6 Å². The van der Waals surface area contributed by atoms with Gasteiger partial charge >= 0.3 is 0 Å². The van der Waals surface area contributed by atoms with E-state index in [1.807, 2.05) is 26.0 Å². The molecule has 0 spiro atoms. The van der Waals surface area contributed by atoms with Crippen LogP contribution in [0.3, 0.4) is 0 Å². The van der Waals surface area contributed by atoms with E-state index < -0.39 is 0 Å². The summed E-state index contributed by atoms with van der Waals surface area (Å²) in [6.07, 6.45) is 2.62. The lowest BCUT2D eigenvalue weighted by Crippen LogP contribution is -1.95. The van der Waals surface area contributed by atoms with Crippen LogP contribution in [0.4, 0.5) is 0 Å². The first-order valence-electron chi connectivity index (χ1n) is 7.74. The van der Waals surface area contributed by atoms with Crippen molar-refractivity contribution < 1.29 is 19.4 Å². The zero-order valence-corrected chi connectivity index (χ0v) is 14.0. The summed E-state index contributed by atoms with van der Waals surface area (Å²) in [6.45, 7) is 4.03. The summed E-state index contributed by atoms with van der Waals surface area (Å²) >= 11 is 0. The van der Waals surface area contributed by atoms with E-state index in [9.17, 15) is 10.2 Å². The Labute approximate surface area is 140 Å². The largest absolute Gasteiger partial charge is 0.508 e. The van der Waals surface area contributed by atoms with Crippen molar-refractivity contribution in [2.24, 2.45) is 0 Å². The van der Waals surface area contributed by atoms with Crippen molar-refractivity contribution in [3.8, 4) is 28.6 Å². The topological polar surface area (TPSA) is 62.8 Å². The summed E-state index contributed by atoms with van der Waals surface area (Å²) in [7, 11) is 1.58. The van der Waals surface area contributed by atoms with Crippen molar-refractivity contribution in [2.75, 3.05) is 7.11 Å². The number of hydrogen-bond donors (Lipinski definition) is 2. The Kier molecular flexibility index (Phi) is 4.21. The molecule has 0 bridgehead atoms. The fourth-order valence-corrected chi connectivity index (χ4v) is 2.70. The molecule has 2 N–H and O–H groups in total. The Morgan fingerprint density at radius 1 is 1.12 bits per heavy atom. The maximum atomic E-state index is 10.2. The van der Waals surface area contributed by atoms with Crippen LogP contribution in [0.25, 0.3) is 22.3 Å². The van der Waals surface area contributed by atoms with Crippen molar-refractivity contribution in [2.45, 2.75) is 20.3 Å². The third kappa shape index (κ3) is 2.95. The molecule has 0 saturated heterocycles. The van der Waals surface area contributed by atoms with Crippen LogP contribution >= 0.6 is 0 Å². The molecule has 2 aromatic carbocycles. The number of aromatic hydroxyl groups is 2. The van der Waals surface area contributed by atoms with Gasteiger partial charge in [-0.1, -0.05) is 11.6 Å². The molecule has 1 heterocycles. The predicted octanol–water partition coefficient (Wildman–Crippen LogP) is 5.03. The molecule has 0 radical (unpaired) electrons. The van der Waals surface area contributed by atoms with E-state index >= 15 is 0 Å². The summed E-state index contributed by atoms with van der Waals surface area (Å²) in [5.41, 5.74) is 3.26. The molecule has 0 unspecified atom stereocenters. The molecule has 0 aliphatic rings. The van der Waals surface area contributed by atoms with Gasteiger partial charge in [-0.3, -0.25) is 0 Å². The normalized spacial score (nSPS) is 10.8. The molecule has 0 fully saturated rings. The molecule has 0 saturated carbocycles. The number of hydrogen-bond acceptors (Lipinski definition) is 4. The van der Waals surface area contributed by atoms with E-state index in [0.717, 1.165) is 16.5 Å². The molecule has 0 amide bonds. The van der Waals surface area contributed by atoms with Crippen molar-refractivity contribution in [3.63, 3.8) is 0 Å².